The van der Waals surface area contributed by atoms with Gasteiger partial charge in [0.05, 0.1) is 17.0 Å². The molecule has 3 aromatic rings. The molecule has 0 atom stereocenters. The molecular weight excluding hydrogens is 410 g/mol. The van der Waals surface area contributed by atoms with Crippen molar-refractivity contribution in [1.82, 2.24) is 9.88 Å². The molecule has 0 unspecified atom stereocenters. The summed E-state index contributed by atoms with van der Waals surface area (Å²) < 4.78 is 5.70. The molecule has 4 rings (SSSR count). The molecule has 2 aromatic heterocycles. The van der Waals surface area contributed by atoms with Crippen molar-refractivity contribution in [3.8, 4) is 10.8 Å². The number of anilines is 1. The summed E-state index contributed by atoms with van der Waals surface area (Å²) in [7, 11) is 1.89. The minimum Gasteiger partial charge on any atom is -0.440 e. The van der Waals surface area contributed by atoms with Crippen LogP contribution in [0.25, 0.3) is 10.8 Å². The molecule has 0 spiro atoms. The normalized spacial score (nSPS) is 14.4. The van der Waals surface area contributed by atoms with Gasteiger partial charge < -0.3 is 14.6 Å². The molecular formula is C24H27N3O3S. The number of oxazole rings is 1. The smallest absolute Gasteiger partial charge is 0.253 e. The van der Waals surface area contributed by atoms with E-state index in [4.69, 9.17) is 4.42 Å². The fourth-order valence-corrected chi connectivity index (χ4v) is 4.64. The lowest BCUT2D eigenvalue weighted by Gasteiger charge is -2.31. The minimum atomic E-state index is -0.174. The summed E-state index contributed by atoms with van der Waals surface area (Å²) in [6.45, 7) is 1.82. The first-order valence-corrected chi connectivity index (χ1v) is 11.6. The third kappa shape index (κ3) is 5.05. The van der Waals surface area contributed by atoms with Crippen LogP contribution < -0.4 is 5.32 Å². The Bertz CT molecular complexity index is 1030. The van der Waals surface area contributed by atoms with E-state index in [9.17, 15) is 9.59 Å². The highest BCUT2D eigenvalue weighted by Crippen LogP contribution is 2.26. The number of hydrogen-bond acceptors (Lipinski definition) is 5. The van der Waals surface area contributed by atoms with Gasteiger partial charge in [-0.1, -0.05) is 25.3 Å². The highest BCUT2D eigenvalue weighted by atomic mass is 32.1. The average Bonchev–Trinajstić information content (AvgIpc) is 3.44. The lowest BCUT2D eigenvalue weighted by atomic mass is 9.94. The summed E-state index contributed by atoms with van der Waals surface area (Å²) in [4.78, 5) is 32.5. The molecule has 0 aliphatic heterocycles. The molecule has 1 fully saturated rings. The van der Waals surface area contributed by atoms with E-state index >= 15 is 0 Å². The second kappa shape index (κ2) is 9.47. The Hall–Kier alpha value is -2.93. The molecule has 1 saturated carbocycles. The van der Waals surface area contributed by atoms with Crippen molar-refractivity contribution in [1.29, 1.82) is 0 Å². The molecule has 2 heterocycles. The number of thiophene rings is 1. The van der Waals surface area contributed by atoms with E-state index in [1.807, 2.05) is 36.4 Å². The number of aryl methyl sites for hydroxylation is 1. The van der Waals surface area contributed by atoms with Crippen molar-refractivity contribution in [2.24, 2.45) is 0 Å². The molecule has 31 heavy (non-hydrogen) atoms. The van der Waals surface area contributed by atoms with Crippen LogP contribution in [0.1, 0.15) is 53.9 Å². The zero-order chi connectivity index (χ0) is 21.8. The maximum atomic E-state index is 12.8. The summed E-state index contributed by atoms with van der Waals surface area (Å²) in [5.74, 6) is 1.04. The minimum absolute atomic E-state index is 0.0316. The number of rotatable bonds is 6. The van der Waals surface area contributed by atoms with E-state index in [2.05, 4.69) is 10.3 Å². The van der Waals surface area contributed by atoms with Gasteiger partial charge in [-0.25, -0.2) is 4.98 Å². The van der Waals surface area contributed by atoms with E-state index in [0.717, 1.165) is 17.7 Å². The molecule has 7 heteroatoms. The predicted molar refractivity (Wildman–Crippen MR) is 122 cm³/mol. The third-order valence-electron chi connectivity index (χ3n) is 5.81. The SMILES string of the molecule is Cc1oc(-c2cccs2)nc1CC(=O)Nc1ccc(C(=O)N(C)C2CCCCC2)cc1. The monoisotopic (exact) mass is 437 g/mol. The zero-order valence-electron chi connectivity index (χ0n) is 17.9. The van der Waals surface area contributed by atoms with Crippen molar-refractivity contribution < 1.29 is 14.0 Å². The molecule has 162 valence electrons. The number of nitrogens with one attached hydrogen (secondary N) is 1. The first-order valence-electron chi connectivity index (χ1n) is 10.7. The van der Waals surface area contributed by atoms with Gasteiger partial charge in [-0.3, -0.25) is 9.59 Å². The first-order chi connectivity index (χ1) is 15.0. The predicted octanol–water partition coefficient (Wildman–Crippen LogP) is 5.30. The number of aromatic nitrogens is 1. The van der Waals surface area contributed by atoms with Gasteiger partial charge >= 0.3 is 0 Å². The Morgan fingerprint density at radius 1 is 1.16 bits per heavy atom. The highest BCUT2D eigenvalue weighted by molar-refractivity contribution is 7.13. The van der Waals surface area contributed by atoms with Crippen LogP contribution in [0.5, 0.6) is 0 Å². The van der Waals surface area contributed by atoms with Gasteiger partial charge in [0.1, 0.15) is 5.76 Å². The van der Waals surface area contributed by atoms with Crippen LogP contribution in [-0.4, -0.2) is 34.8 Å². The van der Waals surface area contributed by atoms with Crippen molar-refractivity contribution in [2.45, 2.75) is 51.5 Å². The highest BCUT2D eigenvalue weighted by Gasteiger charge is 2.23. The lowest BCUT2D eigenvalue weighted by molar-refractivity contribution is -0.115. The summed E-state index contributed by atoms with van der Waals surface area (Å²) in [5.41, 5.74) is 1.92. The molecule has 0 bridgehead atoms. The van der Waals surface area contributed by atoms with Crippen LogP contribution in [0.2, 0.25) is 0 Å². The fourth-order valence-electron chi connectivity index (χ4n) is 3.99. The van der Waals surface area contributed by atoms with Crippen LogP contribution in [0.4, 0.5) is 5.69 Å². The van der Waals surface area contributed by atoms with Gasteiger partial charge in [0.2, 0.25) is 11.8 Å². The van der Waals surface area contributed by atoms with Gasteiger partial charge in [0.25, 0.3) is 5.91 Å². The number of carbonyl (C=O) groups is 2. The maximum Gasteiger partial charge on any atom is 0.253 e. The topological polar surface area (TPSA) is 75.4 Å². The van der Waals surface area contributed by atoms with Gasteiger partial charge in [0, 0.05) is 24.3 Å². The number of benzene rings is 1. The van der Waals surface area contributed by atoms with Gasteiger partial charge in [0.15, 0.2) is 0 Å². The van der Waals surface area contributed by atoms with E-state index < -0.39 is 0 Å². The quantitative estimate of drug-likeness (QED) is 0.568. The number of nitrogens with zero attached hydrogens (tertiary/aromatic N) is 2. The Labute approximate surface area is 186 Å². The Morgan fingerprint density at radius 3 is 2.58 bits per heavy atom. The van der Waals surface area contributed by atoms with Crippen molar-refractivity contribution >= 4 is 28.8 Å². The van der Waals surface area contributed by atoms with Crippen LogP contribution in [0.15, 0.2) is 46.2 Å². The largest absolute Gasteiger partial charge is 0.440 e. The Kier molecular flexibility index (Phi) is 6.51. The number of amides is 2. The van der Waals surface area contributed by atoms with Gasteiger partial charge in [-0.15, -0.1) is 11.3 Å². The summed E-state index contributed by atoms with van der Waals surface area (Å²) in [6.07, 6.45) is 5.92. The second-order valence-corrected chi connectivity index (χ2v) is 8.96. The summed E-state index contributed by atoms with van der Waals surface area (Å²) in [6, 6.07) is 11.3. The Balaban J connectivity index is 1.35. The van der Waals surface area contributed by atoms with Crippen LogP contribution >= 0.6 is 11.3 Å². The molecule has 1 aromatic carbocycles. The molecule has 6 nitrogen and oxygen atoms in total. The second-order valence-electron chi connectivity index (χ2n) is 8.01. The number of hydrogen-bond donors (Lipinski definition) is 1. The van der Waals surface area contributed by atoms with Crippen LogP contribution in [0, 0.1) is 6.92 Å². The van der Waals surface area contributed by atoms with Gasteiger partial charge in [-0.2, -0.15) is 0 Å². The van der Waals surface area contributed by atoms with E-state index in [0.29, 0.717) is 34.6 Å². The Morgan fingerprint density at radius 2 is 1.90 bits per heavy atom. The molecule has 2 amide bonds. The molecule has 1 aliphatic carbocycles. The third-order valence-corrected chi connectivity index (χ3v) is 6.67. The van der Waals surface area contributed by atoms with Crippen LogP contribution in [0.3, 0.4) is 0 Å². The summed E-state index contributed by atoms with van der Waals surface area (Å²) in [5, 5.41) is 4.84. The molecule has 1 aliphatic rings. The van der Waals surface area contributed by atoms with Gasteiger partial charge in [-0.05, 0) is 55.5 Å². The van der Waals surface area contributed by atoms with Crippen molar-refractivity contribution in [3.63, 3.8) is 0 Å². The van der Waals surface area contributed by atoms with Crippen molar-refractivity contribution in [3.05, 3.63) is 58.8 Å². The van der Waals surface area contributed by atoms with E-state index in [-0.39, 0.29) is 18.2 Å². The fraction of sp³-hybridized carbons (Fsp3) is 0.375. The zero-order valence-corrected chi connectivity index (χ0v) is 18.7. The molecule has 0 radical (unpaired) electrons. The average molecular weight is 438 g/mol. The molecule has 0 saturated heterocycles. The summed E-state index contributed by atoms with van der Waals surface area (Å²) >= 11 is 1.55. The van der Waals surface area contributed by atoms with Crippen molar-refractivity contribution in [2.75, 3.05) is 12.4 Å². The first kappa shape index (κ1) is 21.3. The molecule has 1 N–H and O–H groups in total. The lowest BCUT2D eigenvalue weighted by Crippen LogP contribution is -2.38. The standard InChI is InChI=1S/C24H27N3O3S/c1-16-20(26-23(30-16)21-9-6-14-31-21)15-22(28)25-18-12-10-17(11-13-18)24(29)27(2)19-7-4-3-5-8-19/h6,9-14,19H,3-5,7-8,15H2,1-2H3,(H,25,28). The maximum absolute atomic E-state index is 12.8. The van der Waals surface area contributed by atoms with E-state index in [1.165, 1.54) is 19.3 Å². The number of carbonyl (C=O) groups excluding carboxylic acids is 2. The van der Waals surface area contributed by atoms with E-state index in [1.54, 1.807) is 35.6 Å². The van der Waals surface area contributed by atoms with Crippen LogP contribution in [-0.2, 0) is 11.2 Å².